The molecule has 0 unspecified atom stereocenters. The van der Waals surface area contributed by atoms with Gasteiger partial charge in [-0.05, 0) is 27.7 Å². The molecule has 0 amide bonds. The second kappa shape index (κ2) is 6.36. The number of aromatic nitrogens is 2. The minimum atomic E-state index is -3.70. The van der Waals surface area contributed by atoms with Crippen LogP contribution in [0.25, 0.3) is 0 Å². The van der Waals surface area contributed by atoms with Gasteiger partial charge < -0.3 is 9.05 Å². The number of rotatable bonds is 2. The first-order valence-electron chi connectivity index (χ1n) is 5.69. The van der Waals surface area contributed by atoms with Gasteiger partial charge in [0.1, 0.15) is 21.2 Å². The number of nitrogens with zero attached hydrogens (tertiary/aromatic N) is 2. The molecule has 0 saturated heterocycles. The van der Waals surface area contributed by atoms with Crippen LogP contribution in [-0.4, -0.2) is 27.1 Å². The summed E-state index contributed by atoms with van der Waals surface area (Å²) >= 11 is 0. The average molecular weight is 372 g/mol. The molecule has 9 nitrogen and oxygen atoms in total. The first-order chi connectivity index (χ1) is 9.85. The Morgan fingerprint density at radius 1 is 0.864 bits per heavy atom. The highest BCUT2D eigenvalue weighted by molar-refractivity contribution is 8.13. The fraction of sp³-hybridized carbons (Fsp3) is 0.400. The number of sulfonamides is 1. The lowest BCUT2D eigenvalue weighted by Gasteiger charge is -1.92. The summed E-state index contributed by atoms with van der Waals surface area (Å²) in [5.74, 6) is 0.447. The standard InChI is InChI=1S/C5H6ClNO3S.C5H8N2O3S/c2*1-3-5(11(6,8)9)4(2)10-7-3/h1-2H3;1-2H3,(H2,6,8,9). The summed E-state index contributed by atoms with van der Waals surface area (Å²) in [6, 6.07) is 0. The van der Waals surface area contributed by atoms with Gasteiger partial charge >= 0.3 is 0 Å². The summed E-state index contributed by atoms with van der Waals surface area (Å²) in [6.07, 6.45) is 0. The SMILES string of the molecule is Cc1noc(C)c1S(=O)(=O)Cl.Cc1noc(C)c1S(N)(=O)=O. The molecule has 0 atom stereocenters. The first-order valence-corrected chi connectivity index (χ1v) is 9.54. The number of halogens is 1. The zero-order valence-corrected chi connectivity index (χ0v) is 14.5. The monoisotopic (exact) mass is 371 g/mol. The van der Waals surface area contributed by atoms with E-state index in [-0.39, 0.29) is 27.0 Å². The molecule has 0 spiro atoms. The van der Waals surface area contributed by atoms with Crippen molar-refractivity contribution in [2.75, 3.05) is 0 Å². The Bertz CT molecular complexity index is 769. The second-order valence-corrected chi connectivity index (χ2v) is 8.29. The molecule has 0 aliphatic rings. The van der Waals surface area contributed by atoms with Crippen molar-refractivity contribution >= 4 is 29.8 Å². The van der Waals surface area contributed by atoms with Crippen molar-refractivity contribution in [1.29, 1.82) is 0 Å². The Morgan fingerprint density at radius 3 is 1.36 bits per heavy atom. The smallest absolute Gasteiger partial charge is 0.266 e. The van der Waals surface area contributed by atoms with Crippen LogP contribution in [0.2, 0.25) is 0 Å². The van der Waals surface area contributed by atoms with Crippen molar-refractivity contribution in [2.45, 2.75) is 37.5 Å². The molecule has 0 aliphatic carbocycles. The Morgan fingerprint density at radius 2 is 1.23 bits per heavy atom. The van der Waals surface area contributed by atoms with Crippen LogP contribution in [-0.2, 0) is 19.1 Å². The van der Waals surface area contributed by atoms with Crippen LogP contribution in [0.5, 0.6) is 0 Å². The fourth-order valence-electron chi connectivity index (χ4n) is 1.70. The molecule has 12 heteroatoms. The van der Waals surface area contributed by atoms with Crippen LogP contribution in [0, 0.1) is 27.7 Å². The zero-order valence-electron chi connectivity index (χ0n) is 12.1. The Kier molecular flexibility index (Phi) is 5.38. The van der Waals surface area contributed by atoms with Gasteiger partial charge in [-0.3, -0.25) is 0 Å². The lowest BCUT2D eigenvalue weighted by Crippen LogP contribution is -2.13. The van der Waals surface area contributed by atoms with Gasteiger partial charge in [-0.25, -0.2) is 22.0 Å². The van der Waals surface area contributed by atoms with Gasteiger partial charge in [0, 0.05) is 10.7 Å². The molecule has 0 bridgehead atoms. The van der Waals surface area contributed by atoms with Crippen LogP contribution >= 0.6 is 10.7 Å². The van der Waals surface area contributed by atoms with Crippen LogP contribution < -0.4 is 5.14 Å². The number of hydrogen-bond donors (Lipinski definition) is 1. The zero-order chi connectivity index (χ0) is 17.3. The molecule has 124 valence electrons. The lowest BCUT2D eigenvalue weighted by atomic mass is 10.4. The van der Waals surface area contributed by atoms with E-state index in [4.69, 9.17) is 15.8 Å². The van der Waals surface area contributed by atoms with E-state index in [9.17, 15) is 16.8 Å². The van der Waals surface area contributed by atoms with Crippen molar-refractivity contribution in [3.8, 4) is 0 Å². The minimum absolute atomic E-state index is 0.0162. The van der Waals surface area contributed by atoms with Crippen LogP contribution in [0.4, 0.5) is 0 Å². The highest BCUT2D eigenvalue weighted by Crippen LogP contribution is 2.22. The molecule has 2 N–H and O–H groups in total. The number of aryl methyl sites for hydroxylation is 4. The van der Waals surface area contributed by atoms with Gasteiger partial charge in [0.15, 0.2) is 11.5 Å². The normalized spacial score (nSPS) is 11.9. The van der Waals surface area contributed by atoms with Crippen molar-refractivity contribution < 1.29 is 25.9 Å². The Hall–Kier alpha value is -1.43. The van der Waals surface area contributed by atoms with Crippen molar-refractivity contribution in [2.24, 2.45) is 5.14 Å². The molecular formula is C10H14ClN3O6S2. The summed E-state index contributed by atoms with van der Waals surface area (Å²) in [5.41, 5.74) is 0.586. The fourth-order valence-corrected chi connectivity index (χ4v) is 4.02. The minimum Gasteiger partial charge on any atom is -0.360 e. The number of hydrogen-bond acceptors (Lipinski definition) is 8. The maximum Gasteiger partial charge on any atom is 0.266 e. The van der Waals surface area contributed by atoms with Gasteiger partial charge in [0.2, 0.25) is 10.0 Å². The lowest BCUT2D eigenvalue weighted by molar-refractivity contribution is 0.390. The highest BCUT2D eigenvalue weighted by Gasteiger charge is 2.21. The van der Waals surface area contributed by atoms with E-state index in [1.807, 2.05) is 0 Å². The maximum atomic E-state index is 10.8. The van der Waals surface area contributed by atoms with Crippen LogP contribution in [0.1, 0.15) is 22.9 Å². The molecular weight excluding hydrogens is 358 g/mol. The molecule has 0 fully saturated rings. The van der Waals surface area contributed by atoms with Crippen molar-refractivity contribution in [1.82, 2.24) is 10.3 Å². The summed E-state index contributed by atoms with van der Waals surface area (Å²) in [7, 11) is -2.30. The van der Waals surface area contributed by atoms with Gasteiger partial charge in [0.25, 0.3) is 9.05 Å². The average Bonchev–Trinajstić information content (AvgIpc) is 2.81. The van der Waals surface area contributed by atoms with Gasteiger partial charge in [-0.15, -0.1) is 0 Å². The largest absolute Gasteiger partial charge is 0.360 e. The maximum absolute atomic E-state index is 10.8. The summed E-state index contributed by atoms with van der Waals surface area (Å²) in [4.78, 5) is -0.0448. The van der Waals surface area contributed by atoms with Crippen LogP contribution in [0.15, 0.2) is 18.8 Å². The quantitative estimate of drug-likeness (QED) is 0.773. The number of nitrogens with two attached hydrogens (primary N) is 1. The first kappa shape index (κ1) is 18.6. The van der Waals surface area contributed by atoms with Crippen molar-refractivity contribution in [3.63, 3.8) is 0 Å². The predicted molar refractivity (Wildman–Crippen MR) is 76.4 cm³/mol. The highest BCUT2D eigenvalue weighted by atomic mass is 35.7. The van der Waals surface area contributed by atoms with E-state index >= 15 is 0 Å². The Balaban J connectivity index is 0.000000220. The molecule has 2 aromatic heterocycles. The molecule has 2 rings (SSSR count). The second-order valence-electron chi connectivity index (χ2n) is 4.29. The van der Waals surface area contributed by atoms with E-state index in [1.54, 1.807) is 0 Å². The van der Waals surface area contributed by atoms with Gasteiger partial charge in [-0.1, -0.05) is 10.3 Å². The van der Waals surface area contributed by atoms with Crippen molar-refractivity contribution in [3.05, 3.63) is 22.9 Å². The van der Waals surface area contributed by atoms with E-state index in [0.29, 0.717) is 5.69 Å². The van der Waals surface area contributed by atoms with E-state index < -0.39 is 19.1 Å². The Labute approximate surface area is 131 Å². The summed E-state index contributed by atoms with van der Waals surface area (Å²) in [5, 5.41) is 11.8. The van der Waals surface area contributed by atoms with E-state index in [1.165, 1.54) is 27.7 Å². The predicted octanol–water partition coefficient (Wildman–Crippen LogP) is 1.16. The molecule has 0 aromatic carbocycles. The molecule has 22 heavy (non-hydrogen) atoms. The summed E-state index contributed by atoms with van der Waals surface area (Å²) in [6.45, 7) is 6.04. The topological polar surface area (TPSA) is 146 Å². The van der Waals surface area contributed by atoms with Gasteiger partial charge in [0.05, 0.1) is 0 Å². The third kappa shape index (κ3) is 4.29. The molecule has 0 aliphatic heterocycles. The van der Waals surface area contributed by atoms with Crippen LogP contribution in [0.3, 0.4) is 0 Å². The van der Waals surface area contributed by atoms with Gasteiger partial charge in [-0.2, -0.15) is 0 Å². The molecule has 2 heterocycles. The molecule has 0 saturated carbocycles. The third-order valence-electron chi connectivity index (χ3n) is 2.46. The van der Waals surface area contributed by atoms with E-state index in [0.717, 1.165) is 0 Å². The third-order valence-corrected chi connectivity index (χ3v) is 5.15. The molecule has 2 aromatic rings. The van der Waals surface area contributed by atoms with E-state index in [2.05, 4.69) is 19.4 Å². The molecule has 0 radical (unpaired) electrons. The summed E-state index contributed by atoms with van der Waals surface area (Å²) < 4.78 is 52.4. The number of primary sulfonamides is 1.